The third-order valence-corrected chi connectivity index (χ3v) is 4.05. The summed E-state index contributed by atoms with van der Waals surface area (Å²) < 4.78 is 1.01. The molecule has 2 nitrogen and oxygen atoms in total. The first-order valence-electron chi connectivity index (χ1n) is 5.81. The number of hydrogen-bond acceptors (Lipinski definition) is 3. The van der Waals surface area contributed by atoms with Crippen LogP contribution in [0.2, 0.25) is 0 Å². The Labute approximate surface area is 125 Å². The van der Waals surface area contributed by atoms with Crippen LogP contribution in [-0.4, -0.2) is 16.6 Å². The predicted octanol–water partition coefficient (Wildman–Crippen LogP) is 4.06. The molecule has 0 heterocycles. The van der Waals surface area contributed by atoms with Gasteiger partial charge < -0.3 is 5.11 Å². The minimum atomic E-state index is 0.149. The molecule has 2 aromatic rings. The predicted molar refractivity (Wildman–Crippen MR) is 81.7 cm³/mol. The van der Waals surface area contributed by atoms with Crippen molar-refractivity contribution < 1.29 is 9.90 Å². The second kappa shape index (κ2) is 6.78. The van der Waals surface area contributed by atoms with Gasteiger partial charge in [0.15, 0.2) is 0 Å². The lowest BCUT2D eigenvalue weighted by molar-refractivity contribution is -0.116. The van der Waals surface area contributed by atoms with E-state index in [4.69, 9.17) is 0 Å². The first kappa shape index (κ1) is 14.2. The molecule has 0 aliphatic rings. The third kappa shape index (κ3) is 4.73. The molecule has 0 atom stereocenters. The van der Waals surface area contributed by atoms with Crippen LogP contribution in [0.25, 0.3) is 0 Å². The summed E-state index contributed by atoms with van der Waals surface area (Å²) in [6.07, 6.45) is 0.357. The standard InChI is InChI=1S/C15H13BrO2S/c16-12-4-2-6-15(9-12)19-10-14(18)8-11-3-1-5-13(17)7-11/h1-7,9,17H,8,10H2. The fraction of sp³-hybridized carbons (Fsp3) is 0.133. The molecule has 0 saturated carbocycles. The highest BCUT2D eigenvalue weighted by Gasteiger charge is 2.05. The molecule has 0 aliphatic heterocycles. The summed E-state index contributed by atoms with van der Waals surface area (Å²) in [6.45, 7) is 0. The monoisotopic (exact) mass is 336 g/mol. The maximum absolute atomic E-state index is 11.9. The summed E-state index contributed by atoms with van der Waals surface area (Å²) in [7, 11) is 0. The SMILES string of the molecule is O=C(CSc1cccc(Br)c1)Cc1cccc(O)c1. The van der Waals surface area contributed by atoms with Crippen molar-refractivity contribution >= 4 is 33.5 Å². The lowest BCUT2D eigenvalue weighted by Gasteiger charge is -2.03. The van der Waals surface area contributed by atoms with E-state index in [1.807, 2.05) is 30.3 Å². The lowest BCUT2D eigenvalue weighted by Crippen LogP contribution is -2.05. The van der Waals surface area contributed by atoms with Crippen LogP contribution in [0.5, 0.6) is 5.75 Å². The van der Waals surface area contributed by atoms with E-state index < -0.39 is 0 Å². The number of phenolic OH excluding ortho intramolecular Hbond substituents is 1. The minimum Gasteiger partial charge on any atom is -0.508 e. The zero-order chi connectivity index (χ0) is 13.7. The van der Waals surface area contributed by atoms with Crippen LogP contribution in [0, 0.1) is 0 Å². The van der Waals surface area contributed by atoms with Crippen LogP contribution >= 0.6 is 27.7 Å². The average molecular weight is 337 g/mol. The van der Waals surface area contributed by atoms with Crippen molar-refractivity contribution in [3.05, 3.63) is 58.6 Å². The molecule has 0 bridgehead atoms. The maximum atomic E-state index is 11.9. The van der Waals surface area contributed by atoms with Crippen LogP contribution in [0.3, 0.4) is 0 Å². The van der Waals surface area contributed by atoms with E-state index >= 15 is 0 Å². The summed E-state index contributed by atoms with van der Waals surface area (Å²) in [5, 5.41) is 9.34. The van der Waals surface area contributed by atoms with E-state index in [2.05, 4.69) is 15.9 Å². The van der Waals surface area contributed by atoms with E-state index in [0.717, 1.165) is 14.9 Å². The Kier molecular flexibility index (Phi) is 5.05. The summed E-state index contributed by atoms with van der Waals surface area (Å²) in [6, 6.07) is 14.7. The molecule has 2 aromatic carbocycles. The van der Waals surface area contributed by atoms with Crippen LogP contribution in [0.4, 0.5) is 0 Å². The molecule has 1 N–H and O–H groups in total. The van der Waals surface area contributed by atoms with Gasteiger partial charge in [-0.1, -0.05) is 34.1 Å². The molecule has 0 aliphatic carbocycles. The van der Waals surface area contributed by atoms with Gasteiger partial charge in [-0.05, 0) is 35.9 Å². The molecule has 0 radical (unpaired) electrons. The van der Waals surface area contributed by atoms with E-state index in [1.165, 1.54) is 11.8 Å². The van der Waals surface area contributed by atoms with Gasteiger partial charge >= 0.3 is 0 Å². The van der Waals surface area contributed by atoms with Gasteiger partial charge in [-0.3, -0.25) is 4.79 Å². The van der Waals surface area contributed by atoms with Crippen LogP contribution in [0.1, 0.15) is 5.56 Å². The Morgan fingerprint density at radius 3 is 2.68 bits per heavy atom. The molecule has 0 saturated heterocycles. The molecule has 0 aromatic heterocycles. The normalized spacial score (nSPS) is 10.4. The van der Waals surface area contributed by atoms with E-state index in [0.29, 0.717) is 12.2 Å². The second-order valence-corrected chi connectivity index (χ2v) is 6.10. The first-order chi connectivity index (χ1) is 9.13. The van der Waals surface area contributed by atoms with Gasteiger partial charge in [-0.25, -0.2) is 0 Å². The summed E-state index contributed by atoms with van der Waals surface area (Å²) in [5.41, 5.74) is 0.847. The first-order valence-corrected chi connectivity index (χ1v) is 7.59. The Hall–Kier alpha value is -1.26. The zero-order valence-electron chi connectivity index (χ0n) is 10.2. The highest BCUT2D eigenvalue weighted by molar-refractivity contribution is 9.10. The number of rotatable bonds is 5. The van der Waals surface area contributed by atoms with E-state index in [9.17, 15) is 9.90 Å². The Bertz CT molecular complexity index is 584. The number of carbonyl (C=O) groups is 1. The summed E-state index contributed by atoms with van der Waals surface area (Å²) >= 11 is 4.93. The average Bonchev–Trinajstić information content (AvgIpc) is 2.36. The fourth-order valence-electron chi connectivity index (χ4n) is 1.67. The summed E-state index contributed by atoms with van der Waals surface area (Å²) in [5.74, 6) is 0.784. The topological polar surface area (TPSA) is 37.3 Å². The number of hydrogen-bond donors (Lipinski definition) is 1. The molecule has 4 heteroatoms. The van der Waals surface area contributed by atoms with Crippen molar-refractivity contribution in [3.63, 3.8) is 0 Å². The van der Waals surface area contributed by atoms with Crippen LogP contribution < -0.4 is 0 Å². The molecular weight excluding hydrogens is 324 g/mol. The molecule has 0 unspecified atom stereocenters. The van der Waals surface area contributed by atoms with Crippen molar-refractivity contribution in [1.29, 1.82) is 0 Å². The van der Waals surface area contributed by atoms with Gasteiger partial charge in [0.05, 0.1) is 5.75 Å². The van der Waals surface area contributed by atoms with E-state index in [1.54, 1.807) is 18.2 Å². The van der Waals surface area contributed by atoms with Gasteiger partial charge in [-0.15, -0.1) is 11.8 Å². The molecule has 0 amide bonds. The molecule has 98 valence electrons. The van der Waals surface area contributed by atoms with E-state index in [-0.39, 0.29) is 11.5 Å². The largest absolute Gasteiger partial charge is 0.508 e. The number of Topliss-reactive ketones (excluding diaryl/α,β-unsaturated/α-hetero) is 1. The Morgan fingerprint density at radius 1 is 1.16 bits per heavy atom. The molecule has 2 rings (SSSR count). The number of carbonyl (C=O) groups excluding carboxylic acids is 1. The third-order valence-electron chi connectivity index (χ3n) is 2.51. The number of phenols is 1. The van der Waals surface area contributed by atoms with Gasteiger partial charge in [0, 0.05) is 15.8 Å². The fourth-order valence-corrected chi connectivity index (χ4v) is 3.03. The molecule has 0 fully saturated rings. The van der Waals surface area contributed by atoms with Crippen molar-refractivity contribution in [3.8, 4) is 5.75 Å². The minimum absolute atomic E-state index is 0.149. The van der Waals surface area contributed by atoms with Gasteiger partial charge in [-0.2, -0.15) is 0 Å². The lowest BCUT2D eigenvalue weighted by atomic mass is 10.1. The number of ketones is 1. The van der Waals surface area contributed by atoms with Crippen molar-refractivity contribution in [2.24, 2.45) is 0 Å². The Balaban J connectivity index is 1.88. The smallest absolute Gasteiger partial charge is 0.147 e. The number of halogens is 1. The summed E-state index contributed by atoms with van der Waals surface area (Å²) in [4.78, 5) is 12.9. The highest BCUT2D eigenvalue weighted by atomic mass is 79.9. The number of benzene rings is 2. The van der Waals surface area contributed by atoms with Gasteiger partial charge in [0.25, 0.3) is 0 Å². The number of thioether (sulfide) groups is 1. The van der Waals surface area contributed by atoms with Crippen molar-refractivity contribution in [1.82, 2.24) is 0 Å². The van der Waals surface area contributed by atoms with Gasteiger partial charge in [0.2, 0.25) is 0 Å². The molecular formula is C15H13BrO2S. The number of aromatic hydroxyl groups is 1. The molecule has 0 spiro atoms. The quantitative estimate of drug-likeness (QED) is 0.836. The van der Waals surface area contributed by atoms with Crippen LogP contribution in [-0.2, 0) is 11.2 Å². The molecule has 19 heavy (non-hydrogen) atoms. The zero-order valence-corrected chi connectivity index (χ0v) is 12.6. The second-order valence-electron chi connectivity index (χ2n) is 4.13. The Morgan fingerprint density at radius 2 is 1.95 bits per heavy atom. The van der Waals surface area contributed by atoms with Crippen molar-refractivity contribution in [2.45, 2.75) is 11.3 Å². The van der Waals surface area contributed by atoms with Crippen molar-refractivity contribution in [2.75, 3.05) is 5.75 Å². The van der Waals surface area contributed by atoms with Crippen LogP contribution in [0.15, 0.2) is 57.9 Å². The highest BCUT2D eigenvalue weighted by Crippen LogP contribution is 2.22. The van der Waals surface area contributed by atoms with Gasteiger partial charge in [0.1, 0.15) is 11.5 Å². The maximum Gasteiger partial charge on any atom is 0.147 e.